The van der Waals surface area contributed by atoms with E-state index in [0.717, 1.165) is 6.54 Å². The van der Waals surface area contributed by atoms with Gasteiger partial charge in [-0.25, -0.2) is 0 Å². The SMILES string of the molecule is Cc1cc(C)cc(CN[C@@H](C)CN)c1. The quantitative estimate of drug-likeness (QED) is 0.762. The highest BCUT2D eigenvalue weighted by atomic mass is 14.9. The van der Waals surface area contributed by atoms with Crippen molar-refractivity contribution in [2.24, 2.45) is 5.73 Å². The molecule has 1 aromatic carbocycles. The molecule has 0 bridgehead atoms. The summed E-state index contributed by atoms with van der Waals surface area (Å²) in [4.78, 5) is 0. The maximum absolute atomic E-state index is 5.53. The van der Waals surface area contributed by atoms with Gasteiger partial charge < -0.3 is 11.1 Å². The summed E-state index contributed by atoms with van der Waals surface area (Å²) in [6.07, 6.45) is 0. The van der Waals surface area contributed by atoms with Crippen molar-refractivity contribution in [3.63, 3.8) is 0 Å². The Balaban J connectivity index is 2.58. The Morgan fingerprint density at radius 2 is 1.79 bits per heavy atom. The first-order valence-corrected chi connectivity index (χ1v) is 5.12. The fraction of sp³-hybridized carbons (Fsp3) is 0.500. The summed E-state index contributed by atoms with van der Waals surface area (Å²) in [7, 11) is 0. The monoisotopic (exact) mass is 192 g/mol. The van der Waals surface area contributed by atoms with Crippen LogP contribution in [0.2, 0.25) is 0 Å². The summed E-state index contributed by atoms with van der Waals surface area (Å²) in [5.41, 5.74) is 9.51. The summed E-state index contributed by atoms with van der Waals surface area (Å²) in [6, 6.07) is 7.00. The Morgan fingerprint density at radius 1 is 1.21 bits per heavy atom. The molecule has 3 N–H and O–H groups in total. The smallest absolute Gasteiger partial charge is 0.0208 e. The molecule has 0 spiro atoms. The molecular formula is C12H20N2. The molecule has 0 amide bonds. The van der Waals surface area contributed by atoms with E-state index in [9.17, 15) is 0 Å². The molecule has 1 atom stereocenters. The Morgan fingerprint density at radius 3 is 2.29 bits per heavy atom. The third kappa shape index (κ3) is 3.48. The lowest BCUT2D eigenvalue weighted by atomic mass is 10.1. The second-order valence-electron chi connectivity index (χ2n) is 4.01. The van der Waals surface area contributed by atoms with Crippen molar-refractivity contribution in [2.45, 2.75) is 33.4 Å². The zero-order valence-electron chi connectivity index (χ0n) is 9.30. The van der Waals surface area contributed by atoms with Crippen molar-refractivity contribution in [1.29, 1.82) is 0 Å². The zero-order valence-corrected chi connectivity index (χ0v) is 9.30. The number of rotatable bonds is 4. The van der Waals surface area contributed by atoms with E-state index in [1.165, 1.54) is 16.7 Å². The number of hydrogen-bond acceptors (Lipinski definition) is 2. The molecule has 2 heteroatoms. The van der Waals surface area contributed by atoms with E-state index in [4.69, 9.17) is 5.73 Å². The molecule has 0 aliphatic heterocycles. The van der Waals surface area contributed by atoms with Crippen LogP contribution in [0.1, 0.15) is 23.6 Å². The normalized spacial score (nSPS) is 12.9. The Kier molecular flexibility index (Phi) is 4.11. The summed E-state index contributed by atoms with van der Waals surface area (Å²) >= 11 is 0. The Bertz CT molecular complexity index is 274. The van der Waals surface area contributed by atoms with E-state index >= 15 is 0 Å². The number of aryl methyl sites for hydroxylation is 2. The molecule has 1 aromatic rings. The lowest BCUT2D eigenvalue weighted by Crippen LogP contribution is -2.32. The molecule has 14 heavy (non-hydrogen) atoms. The molecule has 0 aliphatic carbocycles. The van der Waals surface area contributed by atoms with Crippen molar-refractivity contribution < 1.29 is 0 Å². The van der Waals surface area contributed by atoms with Crippen LogP contribution >= 0.6 is 0 Å². The van der Waals surface area contributed by atoms with Gasteiger partial charge in [0.2, 0.25) is 0 Å². The molecular weight excluding hydrogens is 172 g/mol. The van der Waals surface area contributed by atoms with Gasteiger partial charge >= 0.3 is 0 Å². The van der Waals surface area contributed by atoms with Crippen LogP contribution in [-0.4, -0.2) is 12.6 Å². The van der Waals surface area contributed by atoms with Gasteiger partial charge in [0.05, 0.1) is 0 Å². The number of nitrogens with one attached hydrogen (secondary N) is 1. The van der Waals surface area contributed by atoms with Gasteiger partial charge in [-0.15, -0.1) is 0 Å². The fourth-order valence-corrected chi connectivity index (χ4v) is 1.55. The van der Waals surface area contributed by atoms with Gasteiger partial charge in [0.1, 0.15) is 0 Å². The maximum atomic E-state index is 5.53. The van der Waals surface area contributed by atoms with E-state index in [-0.39, 0.29) is 0 Å². The van der Waals surface area contributed by atoms with E-state index in [1.807, 2.05) is 0 Å². The van der Waals surface area contributed by atoms with E-state index in [2.05, 4.69) is 44.3 Å². The highest BCUT2D eigenvalue weighted by molar-refractivity contribution is 5.28. The molecule has 0 fully saturated rings. The molecule has 0 unspecified atom stereocenters. The summed E-state index contributed by atoms with van der Waals surface area (Å²) in [5.74, 6) is 0. The number of hydrogen-bond donors (Lipinski definition) is 2. The average Bonchev–Trinajstić information content (AvgIpc) is 2.12. The van der Waals surface area contributed by atoms with Gasteiger partial charge in [0, 0.05) is 19.1 Å². The molecule has 0 aliphatic rings. The topological polar surface area (TPSA) is 38.0 Å². The number of nitrogens with two attached hydrogens (primary N) is 1. The van der Waals surface area contributed by atoms with Crippen molar-refractivity contribution >= 4 is 0 Å². The summed E-state index contributed by atoms with van der Waals surface area (Å²) in [5, 5.41) is 3.38. The standard InChI is InChI=1S/C12H20N2/c1-9-4-10(2)6-12(5-9)8-14-11(3)7-13/h4-6,11,14H,7-8,13H2,1-3H3/t11-/m0/s1. The molecule has 2 nitrogen and oxygen atoms in total. The second-order valence-corrected chi connectivity index (χ2v) is 4.01. The van der Waals surface area contributed by atoms with Crippen LogP contribution in [0.5, 0.6) is 0 Å². The highest BCUT2D eigenvalue weighted by Crippen LogP contribution is 2.08. The lowest BCUT2D eigenvalue weighted by molar-refractivity contribution is 0.556. The van der Waals surface area contributed by atoms with Crippen molar-refractivity contribution in [2.75, 3.05) is 6.54 Å². The Hall–Kier alpha value is -0.860. The highest BCUT2D eigenvalue weighted by Gasteiger charge is 1.99. The van der Waals surface area contributed by atoms with Gasteiger partial charge in [-0.1, -0.05) is 29.3 Å². The first kappa shape index (κ1) is 11.2. The first-order chi connectivity index (χ1) is 6.61. The second kappa shape index (κ2) is 5.13. The zero-order chi connectivity index (χ0) is 10.6. The fourth-order valence-electron chi connectivity index (χ4n) is 1.55. The molecule has 0 saturated heterocycles. The minimum Gasteiger partial charge on any atom is -0.329 e. The third-order valence-corrected chi connectivity index (χ3v) is 2.29. The van der Waals surface area contributed by atoms with E-state index in [1.54, 1.807) is 0 Å². The summed E-state index contributed by atoms with van der Waals surface area (Å²) in [6.45, 7) is 7.94. The minimum absolute atomic E-state index is 0.385. The first-order valence-electron chi connectivity index (χ1n) is 5.12. The van der Waals surface area contributed by atoms with Crippen LogP contribution in [0.25, 0.3) is 0 Å². The third-order valence-electron chi connectivity index (χ3n) is 2.29. The predicted octanol–water partition coefficient (Wildman–Crippen LogP) is 1.74. The maximum Gasteiger partial charge on any atom is 0.0208 e. The minimum atomic E-state index is 0.385. The van der Waals surface area contributed by atoms with Crippen LogP contribution in [0.3, 0.4) is 0 Å². The molecule has 0 saturated carbocycles. The van der Waals surface area contributed by atoms with E-state index in [0.29, 0.717) is 12.6 Å². The van der Waals surface area contributed by atoms with Crippen molar-refractivity contribution in [3.05, 3.63) is 34.9 Å². The molecule has 0 heterocycles. The van der Waals surface area contributed by atoms with Crippen LogP contribution in [-0.2, 0) is 6.54 Å². The largest absolute Gasteiger partial charge is 0.329 e. The van der Waals surface area contributed by atoms with Gasteiger partial charge in [0.15, 0.2) is 0 Å². The Labute approximate surface area is 86.5 Å². The van der Waals surface area contributed by atoms with Crippen molar-refractivity contribution in [1.82, 2.24) is 5.32 Å². The number of benzene rings is 1. The predicted molar refractivity (Wildman–Crippen MR) is 61.3 cm³/mol. The summed E-state index contributed by atoms with van der Waals surface area (Å²) < 4.78 is 0. The molecule has 78 valence electrons. The molecule has 0 aromatic heterocycles. The lowest BCUT2D eigenvalue weighted by Gasteiger charge is -2.12. The van der Waals surface area contributed by atoms with Crippen LogP contribution in [0, 0.1) is 13.8 Å². The molecule has 1 rings (SSSR count). The van der Waals surface area contributed by atoms with Gasteiger partial charge in [-0.2, -0.15) is 0 Å². The van der Waals surface area contributed by atoms with Crippen molar-refractivity contribution in [3.8, 4) is 0 Å². The average molecular weight is 192 g/mol. The van der Waals surface area contributed by atoms with Crippen LogP contribution < -0.4 is 11.1 Å². The van der Waals surface area contributed by atoms with Gasteiger partial charge in [-0.05, 0) is 26.3 Å². The van der Waals surface area contributed by atoms with E-state index < -0.39 is 0 Å². The molecule has 0 radical (unpaired) electrons. The van der Waals surface area contributed by atoms with Gasteiger partial charge in [-0.3, -0.25) is 0 Å². The van der Waals surface area contributed by atoms with Crippen LogP contribution in [0.15, 0.2) is 18.2 Å². The van der Waals surface area contributed by atoms with Gasteiger partial charge in [0.25, 0.3) is 0 Å². The van der Waals surface area contributed by atoms with Crippen LogP contribution in [0.4, 0.5) is 0 Å².